The van der Waals surface area contributed by atoms with Crippen LogP contribution in [0, 0.1) is 6.92 Å². The lowest BCUT2D eigenvalue weighted by Gasteiger charge is -2.10. The fourth-order valence-electron chi connectivity index (χ4n) is 1.75. The normalized spacial score (nSPS) is 10.3. The van der Waals surface area contributed by atoms with Crippen LogP contribution in [0.25, 0.3) is 0 Å². The molecule has 0 fully saturated rings. The van der Waals surface area contributed by atoms with Crippen molar-refractivity contribution in [1.82, 2.24) is 4.98 Å². The molecule has 0 saturated carbocycles. The molecule has 0 unspecified atom stereocenters. The minimum Gasteiger partial charge on any atom is -0.493 e. The third-order valence-electron chi connectivity index (χ3n) is 2.86. The SMILES string of the molecule is Cc1ccc(CN)cc1OCCc1cccnc1. The van der Waals surface area contributed by atoms with Crippen molar-refractivity contribution in [2.24, 2.45) is 5.73 Å². The monoisotopic (exact) mass is 242 g/mol. The molecular formula is C15H18N2O. The molecule has 0 aliphatic heterocycles. The maximum atomic E-state index is 5.80. The molecule has 0 amide bonds. The Balaban J connectivity index is 1.94. The van der Waals surface area contributed by atoms with E-state index in [4.69, 9.17) is 10.5 Å². The first-order valence-electron chi connectivity index (χ1n) is 6.11. The first-order valence-corrected chi connectivity index (χ1v) is 6.11. The molecule has 0 bridgehead atoms. The molecule has 0 spiro atoms. The van der Waals surface area contributed by atoms with Gasteiger partial charge in [-0.3, -0.25) is 4.98 Å². The third kappa shape index (κ3) is 3.31. The van der Waals surface area contributed by atoms with Crippen LogP contribution in [-0.4, -0.2) is 11.6 Å². The summed E-state index contributed by atoms with van der Waals surface area (Å²) >= 11 is 0. The minimum absolute atomic E-state index is 0.541. The second-order valence-corrected chi connectivity index (χ2v) is 4.26. The Morgan fingerprint density at radius 2 is 2.11 bits per heavy atom. The summed E-state index contributed by atoms with van der Waals surface area (Å²) in [6.45, 7) is 3.24. The van der Waals surface area contributed by atoms with Gasteiger partial charge >= 0.3 is 0 Å². The number of hydrogen-bond acceptors (Lipinski definition) is 3. The van der Waals surface area contributed by atoms with E-state index >= 15 is 0 Å². The highest BCUT2D eigenvalue weighted by Gasteiger charge is 2.01. The summed E-state index contributed by atoms with van der Waals surface area (Å²) in [5.74, 6) is 0.918. The number of aromatic nitrogens is 1. The quantitative estimate of drug-likeness (QED) is 0.876. The molecule has 1 heterocycles. The molecule has 3 heteroatoms. The number of ether oxygens (including phenoxy) is 1. The smallest absolute Gasteiger partial charge is 0.122 e. The molecule has 2 N–H and O–H groups in total. The Bertz CT molecular complexity index is 497. The summed E-state index contributed by atoms with van der Waals surface area (Å²) in [7, 11) is 0. The van der Waals surface area contributed by atoms with E-state index < -0.39 is 0 Å². The van der Waals surface area contributed by atoms with E-state index in [9.17, 15) is 0 Å². The Morgan fingerprint density at radius 1 is 1.22 bits per heavy atom. The van der Waals surface area contributed by atoms with Crippen molar-refractivity contribution in [3.05, 3.63) is 59.4 Å². The van der Waals surface area contributed by atoms with E-state index in [2.05, 4.69) is 11.1 Å². The zero-order chi connectivity index (χ0) is 12.8. The van der Waals surface area contributed by atoms with Crippen LogP contribution in [0.3, 0.4) is 0 Å². The highest BCUT2D eigenvalue weighted by molar-refractivity contribution is 5.36. The van der Waals surface area contributed by atoms with Crippen LogP contribution in [0.2, 0.25) is 0 Å². The van der Waals surface area contributed by atoms with Gasteiger partial charge in [0, 0.05) is 25.4 Å². The Morgan fingerprint density at radius 3 is 2.83 bits per heavy atom. The van der Waals surface area contributed by atoms with Crippen molar-refractivity contribution in [2.75, 3.05) is 6.61 Å². The Kier molecular flexibility index (Phi) is 4.31. The molecule has 3 nitrogen and oxygen atoms in total. The summed E-state index contributed by atoms with van der Waals surface area (Å²) in [5, 5.41) is 0. The second-order valence-electron chi connectivity index (χ2n) is 4.26. The zero-order valence-corrected chi connectivity index (χ0v) is 10.6. The Hall–Kier alpha value is -1.87. The molecule has 0 saturated heterocycles. The first-order chi connectivity index (χ1) is 8.79. The molecule has 1 aromatic carbocycles. The second kappa shape index (κ2) is 6.17. The number of benzene rings is 1. The van der Waals surface area contributed by atoms with Gasteiger partial charge in [-0.05, 0) is 35.7 Å². The van der Waals surface area contributed by atoms with Crippen LogP contribution in [0.1, 0.15) is 16.7 Å². The van der Waals surface area contributed by atoms with Gasteiger partial charge in [0.25, 0.3) is 0 Å². The van der Waals surface area contributed by atoms with Crippen LogP contribution in [0.4, 0.5) is 0 Å². The van der Waals surface area contributed by atoms with E-state index in [0.29, 0.717) is 13.2 Å². The molecular weight excluding hydrogens is 224 g/mol. The molecule has 0 aliphatic carbocycles. The summed E-state index contributed by atoms with van der Waals surface area (Å²) < 4.78 is 5.80. The van der Waals surface area contributed by atoms with Gasteiger partial charge < -0.3 is 10.5 Å². The summed E-state index contributed by atoms with van der Waals surface area (Å²) in [6.07, 6.45) is 4.51. The fourth-order valence-corrected chi connectivity index (χ4v) is 1.75. The number of rotatable bonds is 5. The van der Waals surface area contributed by atoms with Crippen LogP contribution in [0.5, 0.6) is 5.75 Å². The van der Waals surface area contributed by atoms with Crippen molar-refractivity contribution in [3.8, 4) is 5.75 Å². The fraction of sp³-hybridized carbons (Fsp3) is 0.267. The largest absolute Gasteiger partial charge is 0.493 e. The van der Waals surface area contributed by atoms with Gasteiger partial charge in [-0.15, -0.1) is 0 Å². The van der Waals surface area contributed by atoms with E-state index in [-0.39, 0.29) is 0 Å². The molecule has 0 atom stereocenters. The molecule has 0 radical (unpaired) electrons. The average Bonchev–Trinajstić information content (AvgIpc) is 2.42. The lowest BCUT2D eigenvalue weighted by Crippen LogP contribution is -2.04. The average molecular weight is 242 g/mol. The first kappa shape index (κ1) is 12.6. The molecule has 0 aliphatic rings. The predicted octanol–water partition coefficient (Wildman–Crippen LogP) is 2.47. The standard InChI is InChI=1S/C15H18N2O/c1-12-4-5-14(10-16)9-15(12)18-8-6-13-3-2-7-17-11-13/h2-5,7,9,11H,6,8,10,16H2,1H3. The van der Waals surface area contributed by atoms with E-state index in [1.54, 1.807) is 6.20 Å². The maximum absolute atomic E-state index is 5.80. The molecule has 2 aromatic rings. The molecule has 18 heavy (non-hydrogen) atoms. The van der Waals surface area contributed by atoms with Gasteiger partial charge in [0.1, 0.15) is 5.75 Å². The number of nitrogens with zero attached hydrogens (tertiary/aromatic N) is 1. The van der Waals surface area contributed by atoms with Crippen molar-refractivity contribution in [3.63, 3.8) is 0 Å². The number of pyridine rings is 1. The van der Waals surface area contributed by atoms with Crippen LogP contribution < -0.4 is 10.5 Å². The highest BCUT2D eigenvalue weighted by Crippen LogP contribution is 2.19. The van der Waals surface area contributed by atoms with Crippen molar-refractivity contribution >= 4 is 0 Å². The Labute approximate surface area is 108 Å². The zero-order valence-electron chi connectivity index (χ0n) is 10.6. The highest BCUT2D eigenvalue weighted by atomic mass is 16.5. The van der Waals surface area contributed by atoms with Crippen LogP contribution in [-0.2, 0) is 13.0 Å². The van der Waals surface area contributed by atoms with E-state index in [1.807, 2.05) is 37.4 Å². The summed E-state index contributed by atoms with van der Waals surface area (Å²) in [6, 6.07) is 10.1. The summed E-state index contributed by atoms with van der Waals surface area (Å²) in [4.78, 5) is 4.08. The third-order valence-corrected chi connectivity index (χ3v) is 2.86. The molecule has 2 rings (SSSR count). The lowest BCUT2D eigenvalue weighted by atomic mass is 10.1. The van der Waals surface area contributed by atoms with Gasteiger partial charge in [0.05, 0.1) is 6.61 Å². The van der Waals surface area contributed by atoms with Crippen LogP contribution >= 0.6 is 0 Å². The predicted molar refractivity (Wildman–Crippen MR) is 72.5 cm³/mol. The lowest BCUT2D eigenvalue weighted by molar-refractivity contribution is 0.319. The van der Waals surface area contributed by atoms with Crippen LogP contribution in [0.15, 0.2) is 42.7 Å². The summed E-state index contributed by atoms with van der Waals surface area (Å²) in [5.41, 5.74) is 9.04. The number of aryl methyl sites for hydroxylation is 1. The number of nitrogens with two attached hydrogens (primary N) is 1. The van der Waals surface area contributed by atoms with Crippen molar-refractivity contribution in [1.29, 1.82) is 0 Å². The maximum Gasteiger partial charge on any atom is 0.122 e. The molecule has 94 valence electrons. The number of hydrogen-bond donors (Lipinski definition) is 1. The van der Waals surface area contributed by atoms with Crippen molar-refractivity contribution < 1.29 is 4.74 Å². The van der Waals surface area contributed by atoms with Gasteiger partial charge in [-0.1, -0.05) is 18.2 Å². The van der Waals surface area contributed by atoms with E-state index in [1.165, 1.54) is 5.56 Å². The van der Waals surface area contributed by atoms with Gasteiger partial charge in [0.15, 0.2) is 0 Å². The van der Waals surface area contributed by atoms with E-state index in [0.717, 1.165) is 23.3 Å². The molecule has 1 aromatic heterocycles. The van der Waals surface area contributed by atoms with Gasteiger partial charge in [-0.25, -0.2) is 0 Å². The topological polar surface area (TPSA) is 48.1 Å². The van der Waals surface area contributed by atoms with Gasteiger partial charge in [0.2, 0.25) is 0 Å². The van der Waals surface area contributed by atoms with Gasteiger partial charge in [-0.2, -0.15) is 0 Å². The van der Waals surface area contributed by atoms with Crippen molar-refractivity contribution in [2.45, 2.75) is 19.9 Å². The minimum atomic E-state index is 0.541.